The van der Waals surface area contributed by atoms with Crippen LogP contribution in [0.2, 0.25) is 0 Å². The third-order valence-corrected chi connectivity index (χ3v) is 2.85. The average Bonchev–Trinajstić information content (AvgIpc) is 2.91. The summed E-state index contributed by atoms with van der Waals surface area (Å²) in [5.41, 5.74) is 1.92. The molecule has 2 aromatic heterocycles. The number of benzene rings is 1. The average molecular weight is 253 g/mol. The van der Waals surface area contributed by atoms with E-state index in [2.05, 4.69) is 10.1 Å². The summed E-state index contributed by atoms with van der Waals surface area (Å²) in [6.07, 6.45) is 2.54. The fourth-order valence-corrected chi connectivity index (χ4v) is 1.90. The van der Waals surface area contributed by atoms with Crippen LogP contribution in [0.4, 0.5) is 0 Å². The molecule has 0 aliphatic carbocycles. The minimum Gasteiger partial charge on any atom is -0.497 e. The molecule has 3 rings (SSSR count). The maximum atomic E-state index is 11.0. The van der Waals surface area contributed by atoms with E-state index in [1.807, 2.05) is 24.3 Å². The molecular weight excluding hydrogens is 242 g/mol. The maximum absolute atomic E-state index is 11.0. The highest BCUT2D eigenvalue weighted by Gasteiger charge is 2.09. The fourth-order valence-electron chi connectivity index (χ4n) is 1.90. The van der Waals surface area contributed by atoms with Crippen molar-refractivity contribution in [1.29, 1.82) is 0 Å². The zero-order valence-corrected chi connectivity index (χ0v) is 10.3. The van der Waals surface area contributed by atoms with Gasteiger partial charge in [0, 0.05) is 11.8 Å². The van der Waals surface area contributed by atoms with Gasteiger partial charge in [-0.3, -0.25) is 4.79 Å². The monoisotopic (exact) mass is 253 g/mol. The predicted molar refractivity (Wildman–Crippen MR) is 70.4 cm³/mol. The van der Waals surface area contributed by atoms with E-state index in [1.165, 1.54) is 0 Å². The van der Waals surface area contributed by atoms with E-state index in [1.54, 1.807) is 30.0 Å². The van der Waals surface area contributed by atoms with E-state index in [-0.39, 0.29) is 0 Å². The lowest BCUT2D eigenvalue weighted by atomic mass is 10.2. The molecule has 5 nitrogen and oxygen atoms in total. The summed E-state index contributed by atoms with van der Waals surface area (Å²) in [5.74, 6) is 1.31. The van der Waals surface area contributed by atoms with E-state index in [0.29, 0.717) is 17.0 Å². The van der Waals surface area contributed by atoms with Gasteiger partial charge in [0.2, 0.25) is 0 Å². The van der Waals surface area contributed by atoms with E-state index < -0.39 is 0 Å². The Labute approximate surface area is 109 Å². The van der Waals surface area contributed by atoms with Crippen LogP contribution in [0.1, 0.15) is 10.4 Å². The van der Waals surface area contributed by atoms with Crippen molar-refractivity contribution in [2.75, 3.05) is 7.11 Å². The Morgan fingerprint density at radius 2 is 2.16 bits per heavy atom. The number of carbonyl (C=O) groups is 1. The topological polar surface area (TPSA) is 56.5 Å². The van der Waals surface area contributed by atoms with Gasteiger partial charge in [-0.15, -0.1) is 5.10 Å². The molecule has 94 valence electrons. The quantitative estimate of drug-likeness (QED) is 0.671. The molecule has 0 radical (unpaired) electrons. The molecule has 1 aromatic carbocycles. The molecule has 0 saturated carbocycles. The van der Waals surface area contributed by atoms with Crippen molar-refractivity contribution in [3.8, 4) is 17.1 Å². The van der Waals surface area contributed by atoms with Crippen LogP contribution >= 0.6 is 0 Å². The second kappa shape index (κ2) is 4.53. The van der Waals surface area contributed by atoms with Crippen LogP contribution in [0.3, 0.4) is 0 Å². The van der Waals surface area contributed by atoms with Crippen molar-refractivity contribution in [2.24, 2.45) is 0 Å². The van der Waals surface area contributed by atoms with Crippen LogP contribution in [0.25, 0.3) is 17.0 Å². The number of aldehydes is 1. The Morgan fingerprint density at radius 1 is 1.26 bits per heavy atom. The Hall–Kier alpha value is -2.69. The molecule has 0 atom stereocenters. The van der Waals surface area contributed by atoms with Crippen molar-refractivity contribution < 1.29 is 9.53 Å². The lowest BCUT2D eigenvalue weighted by molar-refractivity contribution is 0.112. The smallest absolute Gasteiger partial charge is 0.182 e. The van der Waals surface area contributed by atoms with E-state index in [0.717, 1.165) is 17.6 Å². The molecule has 0 N–H and O–H groups in total. The van der Waals surface area contributed by atoms with Crippen molar-refractivity contribution in [1.82, 2.24) is 14.6 Å². The normalized spacial score (nSPS) is 10.6. The van der Waals surface area contributed by atoms with Gasteiger partial charge in [-0.25, -0.2) is 9.50 Å². The first kappa shape index (κ1) is 11.4. The number of methoxy groups -OCH3 is 1. The number of fused-ring (bicyclic) bond motifs is 1. The number of nitrogens with zero attached hydrogens (tertiary/aromatic N) is 3. The second-order valence-corrected chi connectivity index (χ2v) is 4.02. The highest BCUT2D eigenvalue weighted by molar-refractivity contribution is 5.84. The fraction of sp³-hybridized carbons (Fsp3) is 0.0714. The molecule has 0 aliphatic rings. The lowest BCUT2D eigenvalue weighted by Crippen LogP contribution is -1.90. The van der Waals surface area contributed by atoms with Crippen LogP contribution in [0.15, 0.2) is 42.6 Å². The van der Waals surface area contributed by atoms with Gasteiger partial charge in [0.1, 0.15) is 5.75 Å². The summed E-state index contributed by atoms with van der Waals surface area (Å²) in [6, 6.07) is 11.0. The number of rotatable bonds is 3. The highest BCUT2D eigenvalue weighted by Crippen LogP contribution is 2.21. The Balaban J connectivity index is 2.17. The van der Waals surface area contributed by atoms with E-state index in [4.69, 9.17) is 4.74 Å². The number of pyridine rings is 1. The predicted octanol–water partition coefficient (Wildman–Crippen LogP) is 2.22. The van der Waals surface area contributed by atoms with Crippen molar-refractivity contribution in [2.45, 2.75) is 0 Å². The largest absolute Gasteiger partial charge is 0.497 e. The zero-order valence-electron chi connectivity index (χ0n) is 10.3. The van der Waals surface area contributed by atoms with Crippen molar-refractivity contribution >= 4 is 11.9 Å². The van der Waals surface area contributed by atoms with Crippen LogP contribution < -0.4 is 4.74 Å². The number of ether oxygens (including phenoxy) is 1. The number of carbonyl (C=O) groups excluding carboxylic acids is 1. The lowest BCUT2D eigenvalue weighted by Gasteiger charge is -2.00. The second-order valence-electron chi connectivity index (χ2n) is 4.02. The van der Waals surface area contributed by atoms with Crippen molar-refractivity contribution in [3.05, 3.63) is 48.2 Å². The maximum Gasteiger partial charge on any atom is 0.182 e. The molecule has 5 heteroatoms. The zero-order chi connectivity index (χ0) is 13.2. The van der Waals surface area contributed by atoms with Crippen LogP contribution in [-0.2, 0) is 0 Å². The molecule has 0 spiro atoms. The van der Waals surface area contributed by atoms with Gasteiger partial charge in [0.05, 0.1) is 12.7 Å². The Kier molecular flexibility index (Phi) is 2.72. The van der Waals surface area contributed by atoms with Crippen molar-refractivity contribution in [3.63, 3.8) is 0 Å². The van der Waals surface area contributed by atoms with Gasteiger partial charge in [-0.05, 0) is 24.3 Å². The standard InChI is InChI=1S/C14H11N3O2/c1-19-12-6-2-4-10(8-12)13-15-14-11(9-18)5-3-7-17(14)16-13/h2-9H,1H3. The third-order valence-electron chi connectivity index (χ3n) is 2.85. The van der Waals surface area contributed by atoms with Crippen LogP contribution in [-0.4, -0.2) is 28.0 Å². The van der Waals surface area contributed by atoms with E-state index in [9.17, 15) is 4.79 Å². The molecule has 0 amide bonds. The van der Waals surface area contributed by atoms with Gasteiger partial charge in [-0.2, -0.15) is 0 Å². The molecule has 19 heavy (non-hydrogen) atoms. The third kappa shape index (κ3) is 1.95. The molecule has 0 bridgehead atoms. The molecular formula is C14H11N3O2. The number of hydrogen-bond donors (Lipinski definition) is 0. The van der Waals surface area contributed by atoms with Gasteiger partial charge in [-0.1, -0.05) is 12.1 Å². The molecule has 2 heterocycles. The Morgan fingerprint density at radius 3 is 2.95 bits per heavy atom. The summed E-state index contributed by atoms with van der Waals surface area (Å²) in [4.78, 5) is 15.4. The minimum absolute atomic E-state index is 0.518. The van der Waals surface area contributed by atoms with Crippen LogP contribution in [0.5, 0.6) is 5.75 Å². The highest BCUT2D eigenvalue weighted by atomic mass is 16.5. The summed E-state index contributed by atoms with van der Waals surface area (Å²) in [6.45, 7) is 0. The summed E-state index contributed by atoms with van der Waals surface area (Å²) in [7, 11) is 1.61. The summed E-state index contributed by atoms with van der Waals surface area (Å²) in [5, 5.41) is 4.36. The summed E-state index contributed by atoms with van der Waals surface area (Å²) < 4.78 is 6.77. The number of hydrogen-bond acceptors (Lipinski definition) is 4. The van der Waals surface area contributed by atoms with Gasteiger partial charge < -0.3 is 4.74 Å². The molecule has 0 unspecified atom stereocenters. The number of aromatic nitrogens is 3. The van der Waals surface area contributed by atoms with Gasteiger partial charge in [0.15, 0.2) is 17.8 Å². The first-order valence-corrected chi connectivity index (χ1v) is 5.77. The first-order valence-electron chi connectivity index (χ1n) is 5.77. The van der Waals surface area contributed by atoms with Gasteiger partial charge in [0.25, 0.3) is 0 Å². The van der Waals surface area contributed by atoms with Crippen LogP contribution in [0, 0.1) is 0 Å². The molecule has 0 aliphatic heterocycles. The van der Waals surface area contributed by atoms with Gasteiger partial charge >= 0.3 is 0 Å². The molecule has 0 fully saturated rings. The first-order chi connectivity index (χ1) is 9.31. The SMILES string of the molecule is COc1cccc(-c2nc3c(C=O)cccn3n2)c1. The minimum atomic E-state index is 0.518. The van der Waals surface area contributed by atoms with E-state index >= 15 is 0 Å². The molecule has 3 aromatic rings. The summed E-state index contributed by atoms with van der Waals surface area (Å²) >= 11 is 0. The Bertz CT molecular complexity index is 749. The molecule has 0 saturated heterocycles.